The van der Waals surface area contributed by atoms with Crippen LogP contribution in [0.4, 0.5) is 10.5 Å². The molecule has 0 fully saturated rings. The molecule has 0 saturated heterocycles. The van der Waals surface area contributed by atoms with E-state index in [1.165, 1.54) is 0 Å². The molecule has 118 valence electrons. The Balaban J connectivity index is 2.21. The van der Waals surface area contributed by atoms with Crippen molar-refractivity contribution in [3.63, 3.8) is 0 Å². The van der Waals surface area contributed by atoms with E-state index >= 15 is 0 Å². The first kappa shape index (κ1) is 15.7. The number of rotatable bonds is 5. The Hall–Kier alpha value is -2.64. The number of nitrogens with zero attached hydrogens (tertiary/aromatic N) is 4. The zero-order valence-corrected chi connectivity index (χ0v) is 13.1. The quantitative estimate of drug-likeness (QED) is 0.877. The Morgan fingerprint density at radius 1 is 1.41 bits per heavy atom. The Bertz CT molecular complexity index is 653. The van der Waals surface area contributed by atoms with Gasteiger partial charge in [-0.3, -0.25) is 0 Å². The van der Waals surface area contributed by atoms with Crippen molar-refractivity contribution in [1.29, 1.82) is 0 Å². The number of carbonyl (C=O) groups is 1. The number of benzene rings is 1. The molecule has 2 aromatic rings. The monoisotopic (exact) mass is 304 g/mol. The van der Waals surface area contributed by atoms with Crippen LogP contribution in [0.25, 0.3) is 5.69 Å². The van der Waals surface area contributed by atoms with Gasteiger partial charge in [-0.2, -0.15) is 4.68 Å². The van der Waals surface area contributed by atoms with E-state index in [1.807, 2.05) is 13.8 Å². The molecule has 2 N–H and O–H groups in total. The number of nitrogens with one attached hydrogen (secondary N) is 2. The summed E-state index contributed by atoms with van der Waals surface area (Å²) in [4.78, 5) is 11.8. The summed E-state index contributed by atoms with van der Waals surface area (Å²) in [6.45, 7) is 6.47. The van der Waals surface area contributed by atoms with Gasteiger partial charge in [0.25, 0.3) is 0 Å². The average Bonchev–Trinajstić information content (AvgIpc) is 2.91. The van der Waals surface area contributed by atoms with E-state index < -0.39 is 0 Å². The van der Waals surface area contributed by atoms with E-state index in [0.29, 0.717) is 35.4 Å². The lowest BCUT2D eigenvalue weighted by Gasteiger charge is -2.13. The van der Waals surface area contributed by atoms with Gasteiger partial charge < -0.3 is 15.4 Å². The van der Waals surface area contributed by atoms with Gasteiger partial charge in [-0.15, -0.1) is 5.10 Å². The number of ether oxygens (including phenoxy) is 1. The van der Waals surface area contributed by atoms with Crippen molar-refractivity contribution in [1.82, 2.24) is 25.5 Å². The minimum absolute atomic E-state index is 0.252. The smallest absolute Gasteiger partial charge is 0.319 e. The first-order chi connectivity index (χ1) is 10.5. The zero-order valence-electron chi connectivity index (χ0n) is 13.1. The number of amides is 2. The molecule has 0 bridgehead atoms. The topological polar surface area (TPSA) is 94.0 Å². The molecule has 0 unspecified atom stereocenters. The molecule has 8 heteroatoms. The fraction of sp³-hybridized carbons (Fsp3) is 0.429. The van der Waals surface area contributed by atoms with Crippen molar-refractivity contribution in [3.8, 4) is 11.4 Å². The lowest BCUT2D eigenvalue weighted by atomic mass is 10.2. The molecule has 1 aromatic heterocycles. The van der Waals surface area contributed by atoms with Gasteiger partial charge in [0.1, 0.15) is 11.4 Å². The van der Waals surface area contributed by atoms with E-state index in [4.69, 9.17) is 4.74 Å². The largest absolute Gasteiger partial charge is 0.494 e. The summed E-state index contributed by atoms with van der Waals surface area (Å²) in [7, 11) is 1.57. The Morgan fingerprint density at radius 2 is 2.18 bits per heavy atom. The van der Waals surface area contributed by atoms with Gasteiger partial charge in [-0.1, -0.05) is 13.8 Å². The van der Waals surface area contributed by atoms with Crippen molar-refractivity contribution in [2.24, 2.45) is 5.92 Å². The highest BCUT2D eigenvalue weighted by Gasteiger charge is 2.12. The molecule has 1 heterocycles. The number of hydrogen-bond donors (Lipinski definition) is 2. The fourth-order valence-corrected chi connectivity index (χ4v) is 1.86. The maximum absolute atomic E-state index is 11.8. The van der Waals surface area contributed by atoms with Gasteiger partial charge in [0.15, 0.2) is 5.82 Å². The van der Waals surface area contributed by atoms with Crippen LogP contribution in [0.2, 0.25) is 0 Å². The molecule has 0 aliphatic carbocycles. The zero-order chi connectivity index (χ0) is 16.1. The average molecular weight is 304 g/mol. The molecule has 8 nitrogen and oxygen atoms in total. The molecular weight excluding hydrogens is 284 g/mol. The summed E-state index contributed by atoms with van der Waals surface area (Å²) in [5.74, 6) is 1.63. The number of aromatic nitrogens is 4. The maximum atomic E-state index is 11.8. The summed E-state index contributed by atoms with van der Waals surface area (Å²) in [5, 5.41) is 17.0. The number of urea groups is 1. The fourth-order valence-electron chi connectivity index (χ4n) is 1.86. The molecule has 0 aliphatic heterocycles. The van der Waals surface area contributed by atoms with Crippen LogP contribution >= 0.6 is 0 Å². The molecule has 0 aliphatic rings. The molecule has 22 heavy (non-hydrogen) atoms. The molecule has 0 radical (unpaired) electrons. The van der Waals surface area contributed by atoms with Crippen molar-refractivity contribution in [3.05, 3.63) is 24.0 Å². The van der Waals surface area contributed by atoms with Crippen LogP contribution in [0.15, 0.2) is 18.2 Å². The van der Waals surface area contributed by atoms with E-state index in [1.54, 1.807) is 36.9 Å². The molecule has 1 aromatic carbocycles. The highest BCUT2D eigenvalue weighted by molar-refractivity contribution is 5.89. The third kappa shape index (κ3) is 3.72. The molecule has 2 rings (SSSR count). The van der Waals surface area contributed by atoms with E-state index in [9.17, 15) is 4.79 Å². The molecule has 0 spiro atoms. The maximum Gasteiger partial charge on any atom is 0.319 e. The molecule has 0 atom stereocenters. The highest BCUT2D eigenvalue weighted by Crippen LogP contribution is 2.26. The van der Waals surface area contributed by atoms with Crippen LogP contribution in [-0.4, -0.2) is 39.9 Å². The number of anilines is 1. The minimum Gasteiger partial charge on any atom is -0.494 e. The summed E-state index contributed by atoms with van der Waals surface area (Å²) in [5.41, 5.74) is 1.29. The van der Waals surface area contributed by atoms with Gasteiger partial charge in [-0.05, 0) is 41.5 Å². The Labute approximate surface area is 128 Å². The third-order valence-electron chi connectivity index (χ3n) is 2.96. The summed E-state index contributed by atoms with van der Waals surface area (Å²) >= 11 is 0. The number of hydrogen-bond acceptors (Lipinski definition) is 5. The van der Waals surface area contributed by atoms with Crippen LogP contribution in [0.1, 0.15) is 19.7 Å². The number of tetrazole rings is 1. The van der Waals surface area contributed by atoms with Crippen molar-refractivity contribution < 1.29 is 9.53 Å². The first-order valence-electron chi connectivity index (χ1n) is 6.99. The SMILES string of the molecule is COc1ccc(NC(=O)NCC(C)C)cc1-n1nnnc1C. The summed E-state index contributed by atoms with van der Waals surface area (Å²) in [6.07, 6.45) is 0. The first-order valence-corrected chi connectivity index (χ1v) is 6.99. The van der Waals surface area contributed by atoms with Gasteiger partial charge >= 0.3 is 6.03 Å². The van der Waals surface area contributed by atoms with Crippen LogP contribution in [0.3, 0.4) is 0 Å². The van der Waals surface area contributed by atoms with Crippen LogP contribution in [0, 0.1) is 12.8 Å². The molecular formula is C14H20N6O2. The van der Waals surface area contributed by atoms with E-state index in [2.05, 4.69) is 26.2 Å². The second-order valence-corrected chi connectivity index (χ2v) is 5.25. The second-order valence-electron chi connectivity index (χ2n) is 5.25. The number of carbonyl (C=O) groups excluding carboxylic acids is 1. The van der Waals surface area contributed by atoms with Crippen molar-refractivity contribution in [2.45, 2.75) is 20.8 Å². The van der Waals surface area contributed by atoms with Crippen LogP contribution in [-0.2, 0) is 0 Å². The number of methoxy groups -OCH3 is 1. The lowest BCUT2D eigenvalue weighted by molar-refractivity contribution is 0.251. The van der Waals surface area contributed by atoms with E-state index in [0.717, 1.165) is 0 Å². The molecule has 0 saturated carbocycles. The highest BCUT2D eigenvalue weighted by atomic mass is 16.5. The predicted molar refractivity (Wildman–Crippen MR) is 82.3 cm³/mol. The third-order valence-corrected chi connectivity index (χ3v) is 2.96. The van der Waals surface area contributed by atoms with E-state index in [-0.39, 0.29) is 6.03 Å². The van der Waals surface area contributed by atoms with Gasteiger partial charge in [-0.25, -0.2) is 4.79 Å². The normalized spacial score (nSPS) is 10.6. The minimum atomic E-state index is -0.252. The van der Waals surface area contributed by atoms with Crippen molar-refractivity contribution >= 4 is 11.7 Å². The Morgan fingerprint density at radius 3 is 2.77 bits per heavy atom. The Kier molecular flexibility index (Phi) is 4.92. The van der Waals surface area contributed by atoms with Crippen LogP contribution in [0.5, 0.6) is 5.75 Å². The van der Waals surface area contributed by atoms with Gasteiger partial charge in [0, 0.05) is 12.2 Å². The number of aryl methyl sites for hydroxylation is 1. The van der Waals surface area contributed by atoms with Gasteiger partial charge in [0.05, 0.1) is 7.11 Å². The second kappa shape index (κ2) is 6.88. The summed E-state index contributed by atoms with van der Waals surface area (Å²) in [6, 6.07) is 5.03. The van der Waals surface area contributed by atoms with Gasteiger partial charge in [0.2, 0.25) is 0 Å². The predicted octanol–water partition coefficient (Wildman–Crippen LogP) is 1.76. The summed E-state index contributed by atoms with van der Waals surface area (Å²) < 4.78 is 6.87. The standard InChI is InChI=1S/C14H20N6O2/c1-9(2)8-15-14(21)16-11-5-6-13(22-4)12(7-11)20-10(3)17-18-19-20/h5-7,9H,8H2,1-4H3,(H2,15,16,21). The van der Waals surface area contributed by atoms with Crippen molar-refractivity contribution in [2.75, 3.05) is 19.0 Å². The van der Waals surface area contributed by atoms with Crippen LogP contribution < -0.4 is 15.4 Å². The molecule has 2 amide bonds. The lowest BCUT2D eigenvalue weighted by Crippen LogP contribution is -2.31.